The number of aryl methyl sites for hydroxylation is 1. The standard InChI is InChI=1S/C18H25N3O3S/c1-10-6-5-7-15(11(10)2)19-16(22)13(4)25-18-21-20-17(24-18)14-8-9-23-12(14)3/h8-11,13,15H,5-7H2,1-4H3,(H,19,22)/t10-,11+,13-,15-/m1/s1. The first-order chi connectivity index (χ1) is 12.0. The third-order valence-electron chi connectivity index (χ3n) is 5.18. The van der Waals surface area contributed by atoms with Crippen molar-refractivity contribution in [2.75, 3.05) is 0 Å². The molecule has 1 saturated carbocycles. The molecule has 2 heterocycles. The lowest BCUT2D eigenvalue weighted by Gasteiger charge is -2.35. The third kappa shape index (κ3) is 4.08. The number of nitrogens with one attached hydrogen (secondary N) is 1. The lowest BCUT2D eigenvalue weighted by molar-refractivity contribution is -0.121. The second-order valence-corrected chi connectivity index (χ2v) is 8.20. The Morgan fingerprint density at radius 3 is 2.88 bits per heavy atom. The number of furan rings is 1. The fourth-order valence-corrected chi connectivity index (χ4v) is 3.96. The number of hydrogen-bond acceptors (Lipinski definition) is 6. The molecule has 0 aliphatic heterocycles. The fraction of sp³-hybridized carbons (Fsp3) is 0.611. The molecule has 0 unspecified atom stereocenters. The maximum Gasteiger partial charge on any atom is 0.277 e. The van der Waals surface area contributed by atoms with Gasteiger partial charge in [-0.25, -0.2) is 0 Å². The van der Waals surface area contributed by atoms with Gasteiger partial charge in [-0.2, -0.15) is 0 Å². The number of carbonyl (C=O) groups excluding carboxylic acids is 1. The Morgan fingerprint density at radius 2 is 2.16 bits per heavy atom. The molecular formula is C18H25N3O3S. The molecule has 2 aromatic heterocycles. The van der Waals surface area contributed by atoms with Crippen molar-refractivity contribution >= 4 is 17.7 Å². The van der Waals surface area contributed by atoms with Crippen molar-refractivity contribution < 1.29 is 13.6 Å². The van der Waals surface area contributed by atoms with Gasteiger partial charge in [0.15, 0.2) is 0 Å². The van der Waals surface area contributed by atoms with Crippen LogP contribution in [-0.4, -0.2) is 27.4 Å². The maximum absolute atomic E-state index is 12.5. The molecule has 1 aliphatic rings. The molecule has 0 saturated heterocycles. The summed E-state index contributed by atoms with van der Waals surface area (Å²) in [6.07, 6.45) is 5.06. The molecule has 136 valence electrons. The van der Waals surface area contributed by atoms with Crippen LogP contribution in [0.15, 0.2) is 26.4 Å². The highest BCUT2D eigenvalue weighted by Crippen LogP contribution is 2.31. The minimum Gasteiger partial charge on any atom is -0.469 e. The highest BCUT2D eigenvalue weighted by molar-refractivity contribution is 8.00. The highest BCUT2D eigenvalue weighted by atomic mass is 32.2. The van der Waals surface area contributed by atoms with Crippen LogP contribution >= 0.6 is 11.8 Å². The largest absolute Gasteiger partial charge is 0.469 e. The van der Waals surface area contributed by atoms with E-state index in [0.717, 1.165) is 17.7 Å². The van der Waals surface area contributed by atoms with Gasteiger partial charge < -0.3 is 14.2 Å². The van der Waals surface area contributed by atoms with Crippen LogP contribution in [0, 0.1) is 18.8 Å². The van der Waals surface area contributed by atoms with Crippen molar-refractivity contribution in [3.05, 3.63) is 18.1 Å². The van der Waals surface area contributed by atoms with Crippen molar-refractivity contribution in [3.63, 3.8) is 0 Å². The van der Waals surface area contributed by atoms with Gasteiger partial charge in [0.1, 0.15) is 5.76 Å². The summed E-state index contributed by atoms with van der Waals surface area (Å²) in [5.74, 6) is 2.32. The summed E-state index contributed by atoms with van der Waals surface area (Å²) < 4.78 is 10.9. The Labute approximate surface area is 152 Å². The molecule has 1 aliphatic carbocycles. The van der Waals surface area contributed by atoms with E-state index in [-0.39, 0.29) is 17.2 Å². The number of nitrogens with zero attached hydrogens (tertiary/aromatic N) is 2. The molecule has 1 fully saturated rings. The lowest BCUT2D eigenvalue weighted by Crippen LogP contribution is -2.46. The number of hydrogen-bond donors (Lipinski definition) is 1. The van der Waals surface area contributed by atoms with Crippen LogP contribution in [0.1, 0.15) is 45.8 Å². The van der Waals surface area contributed by atoms with E-state index in [1.165, 1.54) is 24.6 Å². The van der Waals surface area contributed by atoms with Crippen molar-refractivity contribution in [1.82, 2.24) is 15.5 Å². The predicted octanol–water partition coefficient (Wildman–Crippen LogP) is 4.06. The van der Waals surface area contributed by atoms with E-state index in [9.17, 15) is 4.79 Å². The molecule has 1 N–H and O–H groups in total. The van der Waals surface area contributed by atoms with E-state index in [0.29, 0.717) is 22.9 Å². The summed E-state index contributed by atoms with van der Waals surface area (Å²) in [5.41, 5.74) is 0.779. The zero-order valence-corrected chi connectivity index (χ0v) is 15.9. The van der Waals surface area contributed by atoms with Crippen LogP contribution in [-0.2, 0) is 4.79 Å². The molecule has 1 amide bonds. The van der Waals surface area contributed by atoms with Crippen molar-refractivity contribution in [2.24, 2.45) is 11.8 Å². The number of aromatic nitrogens is 2. The first-order valence-electron chi connectivity index (χ1n) is 8.80. The van der Waals surface area contributed by atoms with Crippen molar-refractivity contribution in [3.8, 4) is 11.5 Å². The van der Waals surface area contributed by atoms with Gasteiger partial charge in [-0.15, -0.1) is 10.2 Å². The summed E-state index contributed by atoms with van der Waals surface area (Å²) in [6, 6.07) is 2.05. The van der Waals surface area contributed by atoms with E-state index < -0.39 is 0 Å². The van der Waals surface area contributed by atoms with E-state index in [1.54, 1.807) is 12.3 Å². The molecule has 0 radical (unpaired) electrons. The van der Waals surface area contributed by atoms with Crippen LogP contribution in [0.5, 0.6) is 0 Å². The molecule has 0 spiro atoms. The lowest BCUT2D eigenvalue weighted by atomic mass is 9.78. The van der Waals surface area contributed by atoms with Gasteiger partial charge in [0, 0.05) is 6.04 Å². The van der Waals surface area contributed by atoms with Gasteiger partial charge in [-0.05, 0) is 38.2 Å². The molecule has 2 aromatic rings. The van der Waals surface area contributed by atoms with Crippen LogP contribution in [0.2, 0.25) is 0 Å². The average Bonchev–Trinajstić information content (AvgIpc) is 3.20. The summed E-state index contributed by atoms with van der Waals surface area (Å²) in [5, 5.41) is 11.4. The van der Waals surface area contributed by atoms with Crippen LogP contribution in [0.25, 0.3) is 11.5 Å². The Balaban J connectivity index is 1.58. The van der Waals surface area contributed by atoms with Gasteiger partial charge in [0.05, 0.1) is 17.1 Å². The topological polar surface area (TPSA) is 81.2 Å². The highest BCUT2D eigenvalue weighted by Gasteiger charge is 2.30. The molecule has 6 nitrogen and oxygen atoms in total. The fourth-order valence-electron chi connectivity index (χ4n) is 3.26. The Hall–Kier alpha value is -1.76. The van der Waals surface area contributed by atoms with Crippen molar-refractivity contribution in [2.45, 2.75) is 63.5 Å². The van der Waals surface area contributed by atoms with Gasteiger partial charge in [0.2, 0.25) is 5.91 Å². The summed E-state index contributed by atoms with van der Waals surface area (Å²) in [6.45, 7) is 8.20. The molecule has 0 bridgehead atoms. The first kappa shape index (κ1) is 18.0. The van der Waals surface area contributed by atoms with E-state index in [2.05, 4.69) is 29.4 Å². The van der Waals surface area contributed by atoms with E-state index >= 15 is 0 Å². The first-order valence-corrected chi connectivity index (χ1v) is 9.68. The molecule has 4 atom stereocenters. The van der Waals surface area contributed by atoms with E-state index in [1.807, 2.05) is 13.8 Å². The molecule has 3 rings (SSSR count). The van der Waals surface area contributed by atoms with Crippen LogP contribution in [0.4, 0.5) is 0 Å². The smallest absolute Gasteiger partial charge is 0.277 e. The van der Waals surface area contributed by atoms with E-state index in [4.69, 9.17) is 8.83 Å². The number of carbonyl (C=O) groups is 1. The van der Waals surface area contributed by atoms with Crippen LogP contribution < -0.4 is 5.32 Å². The molecular weight excluding hydrogens is 338 g/mol. The monoisotopic (exact) mass is 363 g/mol. The summed E-state index contributed by atoms with van der Waals surface area (Å²) in [4.78, 5) is 12.5. The molecule has 7 heteroatoms. The maximum atomic E-state index is 12.5. The molecule has 25 heavy (non-hydrogen) atoms. The number of thioether (sulfide) groups is 1. The van der Waals surface area contributed by atoms with Gasteiger partial charge in [0.25, 0.3) is 11.1 Å². The summed E-state index contributed by atoms with van der Waals surface area (Å²) in [7, 11) is 0. The van der Waals surface area contributed by atoms with Crippen LogP contribution in [0.3, 0.4) is 0 Å². The number of amides is 1. The van der Waals surface area contributed by atoms with Gasteiger partial charge in [-0.3, -0.25) is 4.79 Å². The van der Waals surface area contributed by atoms with Gasteiger partial charge in [-0.1, -0.05) is 38.5 Å². The zero-order chi connectivity index (χ0) is 18.0. The second-order valence-electron chi connectivity index (χ2n) is 6.91. The predicted molar refractivity (Wildman–Crippen MR) is 96.2 cm³/mol. The third-order valence-corrected chi connectivity index (χ3v) is 6.11. The minimum absolute atomic E-state index is 0.0233. The van der Waals surface area contributed by atoms with Crippen molar-refractivity contribution in [1.29, 1.82) is 0 Å². The zero-order valence-electron chi connectivity index (χ0n) is 15.1. The Bertz CT molecular complexity index is 727. The minimum atomic E-state index is -0.289. The Morgan fingerprint density at radius 1 is 1.36 bits per heavy atom. The summed E-state index contributed by atoms with van der Waals surface area (Å²) >= 11 is 1.28. The quantitative estimate of drug-likeness (QED) is 0.807. The SMILES string of the molecule is Cc1occc1-c1nnc(S[C@H](C)C(=O)N[C@@H]2CCC[C@@H](C)[C@@H]2C)o1. The number of rotatable bonds is 5. The second kappa shape index (κ2) is 7.64. The molecule has 0 aromatic carbocycles. The average molecular weight is 363 g/mol. The Kier molecular flexibility index (Phi) is 5.51. The normalized spacial score (nSPS) is 24.9. The van der Waals surface area contributed by atoms with Gasteiger partial charge >= 0.3 is 0 Å².